The van der Waals surface area contributed by atoms with Crippen molar-refractivity contribution in [2.24, 2.45) is 11.7 Å². The fraction of sp³-hybridized carbons (Fsp3) is 0.500. The Kier molecular flexibility index (Phi) is 5.26. The number of anilines is 1. The van der Waals surface area contributed by atoms with Crippen LogP contribution in [0.1, 0.15) is 34.1 Å². The van der Waals surface area contributed by atoms with Crippen molar-refractivity contribution in [1.29, 1.82) is 5.26 Å². The first-order valence-electron chi connectivity index (χ1n) is 6.71. The van der Waals surface area contributed by atoms with Crippen molar-refractivity contribution < 1.29 is 9.59 Å². The summed E-state index contributed by atoms with van der Waals surface area (Å²) >= 11 is 2.70. The van der Waals surface area contributed by atoms with E-state index in [1.807, 2.05) is 6.07 Å². The van der Waals surface area contributed by atoms with E-state index in [1.165, 1.54) is 23.1 Å². The molecule has 0 saturated carbocycles. The van der Waals surface area contributed by atoms with E-state index in [0.29, 0.717) is 16.5 Å². The molecule has 0 aliphatic heterocycles. The van der Waals surface area contributed by atoms with E-state index in [0.717, 1.165) is 29.7 Å². The molecular weight excluding hydrogens is 306 g/mol. The Balaban J connectivity index is 2.18. The van der Waals surface area contributed by atoms with Gasteiger partial charge in [-0.25, -0.2) is 0 Å². The highest BCUT2D eigenvalue weighted by Gasteiger charge is 2.27. The third kappa shape index (κ3) is 3.77. The predicted molar refractivity (Wildman–Crippen MR) is 85.6 cm³/mol. The van der Waals surface area contributed by atoms with Gasteiger partial charge in [0.05, 0.1) is 23.1 Å². The number of carbonyl (C=O) groups excluding carboxylic acids is 2. The van der Waals surface area contributed by atoms with Gasteiger partial charge in [-0.05, 0) is 30.7 Å². The smallest absolute Gasteiger partial charge is 0.251 e. The van der Waals surface area contributed by atoms with E-state index in [9.17, 15) is 9.59 Å². The number of carbonyl (C=O) groups is 2. The van der Waals surface area contributed by atoms with Gasteiger partial charge in [-0.15, -0.1) is 23.1 Å². The van der Waals surface area contributed by atoms with Crippen LogP contribution < -0.4 is 11.1 Å². The quantitative estimate of drug-likeness (QED) is 0.812. The summed E-state index contributed by atoms with van der Waals surface area (Å²) in [5, 5.41) is 11.8. The normalized spacial score (nSPS) is 16.9. The summed E-state index contributed by atoms with van der Waals surface area (Å²) in [6.45, 7) is 2.18. The zero-order valence-corrected chi connectivity index (χ0v) is 13.4. The van der Waals surface area contributed by atoms with Crippen LogP contribution in [0.4, 0.5) is 5.00 Å². The number of amides is 2. The number of hydrogen-bond donors (Lipinski definition) is 2. The molecule has 1 aliphatic carbocycles. The van der Waals surface area contributed by atoms with Crippen molar-refractivity contribution >= 4 is 39.9 Å². The molecule has 0 bridgehead atoms. The standard InChI is InChI=1S/C14H17N3O2S2/c1-8-2-3-9-10(6-8)21-14(12(9)13(16)19)17-11(18)7-20-5-4-15/h8H,2-3,5-7H2,1H3,(H2,16,19)(H,17,18). The van der Waals surface area contributed by atoms with Gasteiger partial charge in [-0.2, -0.15) is 5.26 Å². The molecular formula is C14H17N3O2S2. The van der Waals surface area contributed by atoms with E-state index in [1.54, 1.807) is 0 Å². The van der Waals surface area contributed by atoms with E-state index >= 15 is 0 Å². The molecule has 1 aromatic heterocycles. The van der Waals surface area contributed by atoms with Crippen LogP contribution in [-0.2, 0) is 17.6 Å². The first-order valence-corrected chi connectivity index (χ1v) is 8.69. The van der Waals surface area contributed by atoms with Crippen LogP contribution in [0.15, 0.2) is 0 Å². The third-order valence-corrected chi connectivity index (χ3v) is 5.38. The molecule has 5 nitrogen and oxygen atoms in total. The second kappa shape index (κ2) is 6.96. The van der Waals surface area contributed by atoms with Gasteiger partial charge in [0, 0.05) is 4.88 Å². The highest BCUT2D eigenvalue weighted by molar-refractivity contribution is 8.00. The molecule has 21 heavy (non-hydrogen) atoms. The van der Waals surface area contributed by atoms with Crippen LogP contribution in [0.25, 0.3) is 0 Å². The summed E-state index contributed by atoms with van der Waals surface area (Å²) < 4.78 is 0. The number of thioether (sulfide) groups is 1. The van der Waals surface area contributed by atoms with Crippen molar-refractivity contribution in [2.45, 2.75) is 26.2 Å². The number of fused-ring (bicyclic) bond motifs is 1. The van der Waals surface area contributed by atoms with Crippen LogP contribution in [-0.4, -0.2) is 23.3 Å². The molecule has 2 amide bonds. The topological polar surface area (TPSA) is 96.0 Å². The highest BCUT2D eigenvalue weighted by Crippen LogP contribution is 2.39. The Bertz CT molecular complexity index is 604. The van der Waals surface area contributed by atoms with Crippen molar-refractivity contribution in [3.05, 3.63) is 16.0 Å². The van der Waals surface area contributed by atoms with Gasteiger partial charge in [-0.1, -0.05) is 6.92 Å². The number of thiophene rings is 1. The van der Waals surface area contributed by atoms with Gasteiger partial charge >= 0.3 is 0 Å². The molecule has 0 aromatic carbocycles. The van der Waals surface area contributed by atoms with E-state index in [2.05, 4.69) is 12.2 Å². The summed E-state index contributed by atoms with van der Waals surface area (Å²) in [5.41, 5.74) is 6.96. The van der Waals surface area contributed by atoms with Crippen LogP contribution in [0.3, 0.4) is 0 Å². The largest absolute Gasteiger partial charge is 0.365 e. The Morgan fingerprint density at radius 2 is 2.33 bits per heavy atom. The SMILES string of the molecule is CC1CCc2c(sc(NC(=O)CSCC#N)c2C(N)=O)C1. The minimum Gasteiger partial charge on any atom is -0.365 e. The van der Waals surface area contributed by atoms with Crippen LogP contribution in [0.5, 0.6) is 0 Å². The lowest BCUT2D eigenvalue weighted by atomic mass is 9.88. The van der Waals surface area contributed by atoms with Gasteiger partial charge in [0.2, 0.25) is 5.91 Å². The third-order valence-electron chi connectivity index (χ3n) is 3.41. The maximum atomic E-state index is 11.9. The Morgan fingerprint density at radius 3 is 3.00 bits per heavy atom. The van der Waals surface area contributed by atoms with Gasteiger partial charge in [0.15, 0.2) is 0 Å². The number of nitrogens with zero attached hydrogens (tertiary/aromatic N) is 1. The Hall–Kier alpha value is -1.52. The fourth-order valence-corrected chi connectivity index (χ4v) is 4.33. The maximum absolute atomic E-state index is 11.9. The summed E-state index contributed by atoms with van der Waals surface area (Å²) in [5.74, 6) is 0.372. The van der Waals surface area contributed by atoms with Gasteiger partial charge in [0.1, 0.15) is 5.00 Å². The van der Waals surface area contributed by atoms with Crippen LogP contribution >= 0.6 is 23.1 Å². The molecule has 1 unspecified atom stereocenters. The molecule has 1 aromatic rings. The molecule has 0 spiro atoms. The van der Waals surface area contributed by atoms with Gasteiger partial charge in [0.25, 0.3) is 5.91 Å². The number of rotatable bonds is 5. The van der Waals surface area contributed by atoms with Crippen molar-refractivity contribution in [2.75, 3.05) is 16.8 Å². The number of primary amides is 1. The second-order valence-corrected chi connectivity index (χ2v) is 7.21. The lowest BCUT2D eigenvalue weighted by Gasteiger charge is -2.18. The first-order chi connectivity index (χ1) is 10.0. The second-order valence-electron chi connectivity index (χ2n) is 5.12. The minimum absolute atomic E-state index is 0.199. The molecule has 3 N–H and O–H groups in total. The fourth-order valence-electron chi connectivity index (χ4n) is 2.45. The molecule has 2 rings (SSSR count). The lowest BCUT2D eigenvalue weighted by molar-refractivity contribution is -0.113. The summed E-state index contributed by atoms with van der Waals surface area (Å²) in [4.78, 5) is 24.7. The van der Waals surface area contributed by atoms with E-state index < -0.39 is 5.91 Å². The van der Waals surface area contributed by atoms with Gasteiger partial charge < -0.3 is 11.1 Å². The highest BCUT2D eigenvalue weighted by atomic mass is 32.2. The zero-order valence-electron chi connectivity index (χ0n) is 11.8. The van der Waals surface area contributed by atoms with Gasteiger partial charge in [-0.3, -0.25) is 9.59 Å². The Morgan fingerprint density at radius 1 is 1.57 bits per heavy atom. The summed E-state index contributed by atoms with van der Waals surface area (Å²) in [7, 11) is 0. The van der Waals surface area contributed by atoms with Crippen LogP contribution in [0, 0.1) is 17.2 Å². The Labute approximate surface area is 131 Å². The maximum Gasteiger partial charge on any atom is 0.251 e. The van der Waals surface area contributed by atoms with Crippen molar-refractivity contribution in [3.63, 3.8) is 0 Å². The minimum atomic E-state index is -0.484. The van der Waals surface area contributed by atoms with Crippen molar-refractivity contribution in [3.8, 4) is 6.07 Å². The molecule has 1 atom stereocenters. The molecule has 0 fully saturated rings. The van der Waals surface area contributed by atoms with E-state index in [-0.39, 0.29) is 17.4 Å². The van der Waals surface area contributed by atoms with Crippen molar-refractivity contribution in [1.82, 2.24) is 0 Å². The molecule has 1 heterocycles. The average Bonchev–Trinajstić information content (AvgIpc) is 2.75. The molecule has 7 heteroatoms. The average molecular weight is 323 g/mol. The summed E-state index contributed by atoms with van der Waals surface area (Å²) in [6.07, 6.45) is 2.80. The monoisotopic (exact) mass is 323 g/mol. The van der Waals surface area contributed by atoms with E-state index in [4.69, 9.17) is 11.0 Å². The number of hydrogen-bond acceptors (Lipinski definition) is 5. The predicted octanol–water partition coefficient (Wildman–Crippen LogP) is 2.17. The lowest BCUT2D eigenvalue weighted by Crippen LogP contribution is -2.20. The van der Waals surface area contributed by atoms with Crippen LogP contribution in [0.2, 0.25) is 0 Å². The molecule has 0 radical (unpaired) electrons. The number of nitrogens with two attached hydrogens (primary N) is 1. The first kappa shape index (κ1) is 15.9. The summed E-state index contributed by atoms with van der Waals surface area (Å²) in [6, 6.07) is 1.97. The molecule has 0 saturated heterocycles. The molecule has 112 valence electrons. The number of nitriles is 1. The molecule has 1 aliphatic rings. The number of nitrogens with one attached hydrogen (secondary N) is 1. The zero-order chi connectivity index (χ0) is 15.4.